The van der Waals surface area contributed by atoms with Gasteiger partial charge in [-0.2, -0.15) is 0 Å². The number of hydrogen-bond acceptors (Lipinski definition) is 3. The van der Waals surface area contributed by atoms with Crippen molar-refractivity contribution in [2.45, 2.75) is 45.6 Å². The summed E-state index contributed by atoms with van der Waals surface area (Å²) in [7, 11) is 0. The van der Waals surface area contributed by atoms with E-state index in [0.717, 1.165) is 59.0 Å². The number of aryl methyl sites for hydroxylation is 1. The Bertz CT molecular complexity index is 4860. The van der Waals surface area contributed by atoms with E-state index >= 15 is 0 Å². The predicted octanol–water partition coefficient (Wildman–Crippen LogP) is 19.6. The Balaban J connectivity index is 1.00. The van der Waals surface area contributed by atoms with E-state index in [4.69, 9.17) is 9.41 Å². The number of aromatic nitrogens is 2. The van der Waals surface area contributed by atoms with Gasteiger partial charge in [-0.15, -0.1) is 11.3 Å². The van der Waals surface area contributed by atoms with E-state index in [1.54, 1.807) is 0 Å². The monoisotopic (exact) mass is 1010 g/mol. The Labute approximate surface area is 450 Å². The lowest BCUT2D eigenvalue weighted by Crippen LogP contribution is -2.29. The molecular weight excluding hydrogens is 955 g/mol. The van der Waals surface area contributed by atoms with Crippen molar-refractivity contribution in [3.8, 4) is 11.4 Å². The molecule has 1 aliphatic heterocycles. The number of thiophene rings is 1. The molecular formula is C72H53N3OS. The van der Waals surface area contributed by atoms with Crippen LogP contribution in [0.15, 0.2) is 228 Å². The van der Waals surface area contributed by atoms with E-state index in [0.29, 0.717) is 0 Å². The molecule has 1 aliphatic carbocycles. The van der Waals surface area contributed by atoms with Crippen molar-refractivity contribution in [1.29, 1.82) is 0 Å². The zero-order chi connectivity index (χ0) is 50.9. The molecule has 368 valence electrons. The van der Waals surface area contributed by atoms with Gasteiger partial charge in [-0.1, -0.05) is 178 Å². The van der Waals surface area contributed by atoms with Crippen LogP contribution in [0.25, 0.3) is 119 Å². The number of hydrogen-bond donors (Lipinski definition) is 0. The Morgan fingerprint density at radius 2 is 1.23 bits per heavy atom. The number of furan rings is 1. The Morgan fingerprint density at radius 1 is 0.532 bits per heavy atom. The molecule has 0 radical (unpaired) electrons. The molecule has 0 amide bonds. The molecule has 16 rings (SSSR count). The van der Waals surface area contributed by atoms with E-state index in [-0.39, 0.29) is 17.9 Å². The molecule has 77 heavy (non-hydrogen) atoms. The van der Waals surface area contributed by atoms with Gasteiger partial charge in [0.2, 0.25) is 0 Å². The van der Waals surface area contributed by atoms with E-state index < -0.39 is 0 Å². The van der Waals surface area contributed by atoms with Gasteiger partial charge in [0.1, 0.15) is 11.2 Å². The fourth-order valence-corrected chi connectivity index (χ4v) is 15.1. The highest BCUT2D eigenvalue weighted by Gasteiger charge is 2.37. The average molecular weight is 1010 g/mol. The van der Waals surface area contributed by atoms with Crippen molar-refractivity contribution in [3.05, 3.63) is 241 Å². The normalized spacial score (nSPS) is 18.6. The zero-order valence-corrected chi connectivity index (χ0v) is 43.8. The third kappa shape index (κ3) is 6.73. The van der Waals surface area contributed by atoms with Crippen LogP contribution in [-0.2, 0) is 6.42 Å². The predicted molar refractivity (Wildman–Crippen MR) is 328 cm³/mol. The molecule has 4 aromatic heterocycles. The molecule has 0 saturated carbocycles. The Morgan fingerprint density at radius 3 is 2.06 bits per heavy atom. The van der Waals surface area contributed by atoms with Crippen molar-refractivity contribution in [1.82, 2.24) is 9.13 Å². The van der Waals surface area contributed by atoms with Gasteiger partial charge in [0.25, 0.3) is 0 Å². The highest BCUT2D eigenvalue weighted by molar-refractivity contribution is 7.26. The van der Waals surface area contributed by atoms with E-state index in [2.05, 4.69) is 241 Å². The largest absolute Gasteiger partial charge is 0.455 e. The van der Waals surface area contributed by atoms with Gasteiger partial charge in [0, 0.05) is 87.2 Å². The molecule has 2 aliphatic rings. The summed E-state index contributed by atoms with van der Waals surface area (Å²) >= 11 is 1.93. The molecule has 0 fully saturated rings. The Kier molecular flexibility index (Phi) is 10.1. The van der Waals surface area contributed by atoms with Gasteiger partial charge in [0.05, 0.1) is 28.3 Å². The van der Waals surface area contributed by atoms with Crippen LogP contribution >= 0.6 is 11.3 Å². The quantitative estimate of drug-likeness (QED) is 0.163. The van der Waals surface area contributed by atoms with Crippen LogP contribution in [0.4, 0.5) is 0 Å². The third-order valence-electron chi connectivity index (χ3n) is 17.2. The lowest BCUT2D eigenvalue weighted by atomic mass is 9.76. The minimum Gasteiger partial charge on any atom is -0.455 e. The first-order valence-electron chi connectivity index (χ1n) is 27.4. The zero-order valence-electron chi connectivity index (χ0n) is 43.0. The van der Waals surface area contributed by atoms with Gasteiger partial charge >= 0.3 is 0 Å². The number of aliphatic imine (C=N–C) groups is 1. The van der Waals surface area contributed by atoms with Crippen molar-refractivity contribution in [3.63, 3.8) is 0 Å². The standard InChI is InChI=1S/C72H53N3OS/c1-3-49-51(56-29-18-30-57-54-27-13-16-34-65(54)76-71(56)57)37-35-43(2)68(73-69(49)59-31-17-28-55-52-25-11-15-33-63(52)75(70(55)59)47-22-5-4-6-23-47)61-41-48(42-66-67(61)58-38-36-44-19-9-10-24-50(44)72(58)77-66)74-62-32-14-12-26-53(62)60-39-45-20-7-8-21-46(45)40-64(60)74/h4-16,18-27,29-34,36-43,49,69H,3,17,28,35H2,1-2H3/b51-37-,73-68+. The second kappa shape index (κ2) is 17.4. The highest BCUT2D eigenvalue weighted by Crippen LogP contribution is 2.49. The SMILES string of the molecule is CCC1/C(c2cccc3c2oc2ccccc23)=C/CC(C)/C(c2cc(-n3c4ccccc4c4cc5ccccc5cc43)cc3sc4c5ccccc5ccc4c23)=N\C1C1=CCCc2c1n(-c1ccccc1)c1ccccc21. The number of benzene rings is 10. The molecule has 14 aromatic rings. The van der Waals surface area contributed by atoms with Crippen LogP contribution < -0.4 is 0 Å². The summed E-state index contributed by atoms with van der Waals surface area (Å²) in [6, 6.07) is 76.2. The van der Waals surface area contributed by atoms with Crippen LogP contribution in [0.3, 0.4) is 0 Å². The summed E-state index contributed by atoms with van der Waals surface area (Å²) in [5.41, 5.74) is 16.7. The molecule has 0 saturated heterocycles. The van der Waals surface area contributed by atoms with Crippen molar-refractivity contribution in [2.75, 3.05) is 0 Å². The first-order chi connectivity index (χ1) is 38.1. The molecule has 0 spiro atoms. The third-order valence-corrected chi connectivity index (χ3v) is 18.4. The maximum absolute atomic E-state index is 6.92. The molecule has 5 heteroatoms. The summed E-state index contributed by atoms with van der Waals surface area (Å²) in [6.45, 7) is 4.80. The molecule has 0 bridgehead atoms. The van der Waals surface area contributed by atoms with Crippen LogP contribution in [0, 0.1) is 11.8 Å². The molecule has 5 heterocycles. The van der Waals surface area contributed by atoms with Gasteiger partial charge in [-0.3, -0.25) is 4.99 Å². The number of rotatable bonds is 6. The fraction of sp³-hybridized carbons (Fsp3) is 0.125. The molecule has 3 unspecified atom stereocenters. The summed E-state index contributed by atoms with van der Waals surface area (Å²) < 4.78 is 14.6. The molecule has 4 nitrogen and oxygen atoms in total. The lowest BCUT2D eigenvalue weighted by molar-refractivity contribution is 0.568. The molecule has 3 atom stereocenters. The number of para-hydroxylation sites is 5. The maximum Gasteiger partial charge on any atom is 0.142 e. The summed E-state index contributed by atoms with van der Waals surface area (Å²) in [5.74, 6) is 0.0722. The lowest BCUT2D eigenvalue weighted by Gasteiger charge is -2.34. The van der Waals surface area contributed by atoms with Crippen LogP contribution in [-0.4, -0.2) is 20.9 Å². The number of fused-ring (bicyclic) bond motifs is 15. The second-order valence-corrected chi connectivity index (χ2v) is 22.5. The van der Waals surface area contributed by atoms with Gasteiger partial charge in [-0.25, -0.2) is 0 Å². The van der Waals surface area contributed by atoms with Gasteiger partial charge in [-0.05, 0) is 119 Å². The second-order valence-electron chi connectivity index (χ2n) is 21.5. The maximum atomic E-state index is 6.92. The fourth-order valence-electron chi connectivity index (χ4n) is 13.8. The summed E-state index contributed by atoms with van der Waals surface area (Å²) in [6.07, 6.45) is 8.76. The minimum absolute atomic E-state index is 0.0169. The van der Waals surface area contributed by atoms with Crippen LogP contribution in [0.1, 0.15) is 55.5 Å². The molecule has 10 aromatic carbocycles. The van der Waals surface area contributed by atoms with E-state index in [1.807, 2.05) is 11.3 Å². The number of allylic oxidation sites excluding steroid dienone is 2. The smallest absolute Gasteiger partial charge is 0.142 e. The summed E-state index contributed by atoms with van der Waals surface area (Å²) in [5, 5.41) is 13.8. The van der Waals surface area contributed by atoms with Gasteiger partial charge < -0.3 is 13.6 Å². The average Bonchev–Trinajstić information content (AvgIpc) is 4.40. The van der Waals surface area contributed by atoms with E-state index in [9.17, 15) is 0 Å². The highest BCUT2D eigenvalue weighted by atomic mass is 32.1. The minimum atomic E-state index is -0.238. The summed E-state index contributed by atoms with van der Waals surface area (Å²) in [4.78, 5) is 6.51. The first kappa shape index (κ1) is 44.5. The van der Waals surface area contributed by atoms with Gasteiger partial charge in [0.15, 0.2) is 0 Å². The van der Waals surface area contributed by atoms with Crippen LogP contribution in [0.2, 0.25) is 0 Å². The molecule has 0 N–H and O–H groups in total. The van der Waals surface area contributed by atoms with Crippen molar-refractivity contribution in [2.24, 2.45) is 16.8 Å². The van der Waals surface area contributed by atoms with Crippen LogP contribution in [0.5, 0.6) is 0 Å². The Hall–Kier alpha value is -8.77. The van der Waals surface area contributed by atoms with Crippen molar-refractivity contribution < 1.29 is 4.42 Å². The van der Waals surface area contributed by atoms with Crippen molar-refractivity contribution >= 4 is 125 Å². The topological polar surface area (TPSA) is 35.4 Å². The first-order valence-corrected chi connectivity index (χ1v) is 28.3. The van der Waals surface area contributed by atoms with E-state index in [1.165, 1.54) is 114 Å². The number of nitrogens with zero attached hydrogens (tertiary/aromatic N) is 3.